The Morgan fingerprint density at radius 2 is 1.83 bits per heavy atom. The van der Waals surface area contributed by atoms with Crippen LogP contribution in [0.2, 0.25) is 0 Å². The van der Waals surface area contributed by atoms with E-state index in [1.807, 2.05) is 18.2 Å². The van der Waals surface area contributed by atoms with Crippen LogP contribution in [0.15, 0.2) is 34.7 Å². The van der Waals surface area contributed by atoms with Crippen molar-refractivity contribution in [2.75, 3.05) is 13.2 Å². The fraction of sp³-hybridized carbons (Fsp3) is 0.440. The van der Waals surface area contributed by atoms with Gasteiger partial charge in [0.1, 0.15) is 23.7 Å². The van der Waals surface area contributed by atoms with Gasteiger partial charge in [-0.05, 0) is 63.8 Å². The smallest absolute Gasteiger partial charge is 0.138 e. The minimum absolute atomic E-state index is 0.220. The number of hydrogen-bond donors (Lipinski definition) is 1. The first-order valence-corrected chi connectivity index (χ1v) is 10.5. The third kappa shape index (κ3) is 3.67. The molecule has 2 heterocycles. The van der Waals surface area contributed by atoms with Gasteiger partial charge in [-0.3, -0.25) is 4.90 Å². The largest absolute Gasteiger partial charge is 0.488 e. The second kappa shape index (κ2) is 8.21. The quantitative estimate of drug-likeness (QED) is 0.625. The van der Waals surface area contributed by atoms with Gasteiger partial charge in [0.05, 0.1) is 6.61 Å². The van der Waals surface area contributed by atoms with Gasteiger partial charge in [0, 0.05) is 29.1 Å². The molecule has 4 nitrogen and oxygen atoms in total. The van der Waals surface area contributed by atoms with Crippen molar-refractivity contribution in [3.63, 3.8) is 0 Å². The zero-order valence-electron chi connectivity index (χ0n) is 17.9. The first kappa shape index (κ1) is 20.0. The number of likely N-dealkylation sites (tertiary alicyclic amines) is 1. The van der Waals surface area contributed by atoms with Crippen molar-refractivity contribution in [2.45, 2.75) is 59.7 Å². The highest BCUT2D eigenvalue weighted by Crippen LogP contribution is 2.40. The maximum absolute atomic E-state index is 9.72. The van der Waals surface area contributed by atoms with Crippen molar-refractivity contribution >= 4 is 11.0 Å². The van der Waals surface area contributed by atoms with Crippen LogP contribution < -0.4 is 4.74 Å². The summed E-state index contributed by atoms with van der Waals surface area (Å²) in [6.45, 7) is 11.0. The molecule has 1 atom stereocenters. The molecule has 1 aliphatic rings. The van der Waals surface area contributed by atoms with Crippen LogP contribution in [0.25, 0.3) is 11.0 Å². The van der Waals surface area contributed by atoms with E-state index in [4.69, 9.17) is 9.15 Å². The Kier molecular flexibility index (Phi) is 5.66. The fourth-order valence-corrected chi connectivity index (χ4v) is 4.62. The van der Waals surface area contributed by atoms with Crippen molar-refractivity contribution in [1.29, 1.82) is 0 Å². The van der Waals surface area contributed by atoms with Crippen molar-refractivity contribution in [1.82, 2.24) is 4.90 Å². The van der Waals surface area contributed by atoms with Gasteiger partial charge >= 0.3 is 0 Å². The SMILES string of the molecule is Cc1oc2c(C)c(C)c(OCc3ccccc3)c(C)c2c1CN1CCC[C@H]1CO. The van der Waals surface area contributed by atoms with Gasteiger partial charge in [-0.25, -0.2) is 0 Å². The summed E-state index contributed by atoms with van der Waals surface area (Å²) in [5, 5.41) is 10.9. The molecule has 2 aromatic carbocycles. The van der Waals surface area contributed by atoms with Crippen LogP contribution >= 0.6 is 0 Å². The highest BCUT2D eigenvalue weighted by atomic mass is 16.5. The molecular formula is C25H31NO3. The van der Waals surface area contributed by atoms with Crippen molar-refractivity contribution in [3.8, 4) is 5.75 Å². The Morgan fingerprint density at radius 1 is 1.07 bits per heavy atom. The number of ether oxygens (including phenoxy) is 1. The van der Waals surface area contributed by atoms with Gasteiger partial charge in [-0.1, -0.05) is 30.3 Å². The molecule has 4 heteroatoms. The van der Waals surface area contributed by atoms with E-state index < -0.39 is 0 Å². The molecule has 4 rings (SSSR count). The molecule has 0 saturated carbocycles. The Bertz CT molecular complexity index is 1010. The summed E-state index contributed by atoms with van der Waals surface area (Å²) >= 11 is 0. The number of hydrogen-bond acceptors (Lipinski definition) is 4. The Morgan fingerprint density at radius 3 is 2.55 bits per heavy atom. The summed E-state index contributed by atoms with van der Waals surface area (Å²) in [4.78, 5) is 2.39. The number of fused-ring (bicyclic) bond motifs is 1. The van der Waals surface area contributed by atoms with Crippen LogP contribution in [0.3, 0.4) is 0 Å². The summed E-state index contributed by atoms with van der Waals surface area (Å²) in [7, 11) is 0. The molecule has 1 aromatic heterocycles. The number of aryl methyl sites for hydroxylation is 3. The van der Waals surface area contributed by atoms with Gasteiger partial charge in [0.15, 0.2) is 0 Å². The molecule has 29 heavy (non-hydrogen) atoms. The fourth-order valence-electron chi connectivity index (χ4n) is 4.62. The highest BCUT2D eigenvalue weighted by molar-refractivity contribution is 5.91. The van der Waals surface area contributed by atoms with Crippen LogP contribution in [0.5, 0.6) is 5.75 Å². The molecule has 3 aromatic rings. The Hall–Kier alpha value is -2.30. The van der Waals surface area contributed by atoms with Crippen molar-refractivity contribution in [3.05, 3.63) is 63.9 Å². The average Bonchev–Trinajstić information content (AvgIpc) is 3.31. The van der Waals surface area contributed by atoms with Gasteiger partial charge < -0.3 is 14.3 Å². The van der Waals surface area contributed by atoms with Crippen LogP contribution in [-0.4, -0.2) is 29.2 Å². The number of benzene rings is 2. The van der Waals surface area contributed by atoms with Crippen LogP contribution in [-0.2, 0) is 13.2 Å². The number of aliphatic hydroxyl groups is 1. The first-order valence-electron chi connectivity index (χ1n) is 10.5. The molecule has 0 bridgehead atoms. The predicted molar refractivity (Wildman–Crippen MR) is 116 cm³/mol. The zero-order chi connectivity index (χ0) is 20.5. The highest BCUT2D eigenvalue weighted by Gasteiger charge is 2.27. The number of nitrogens with zero attached hydrogens (tertiary/aromatic N) is 1. The minimum atomic E-state index is 0.220. The summed E-state index contributed by atoms with van der Waals surface area (Å²) < 4.78 is 12.6. The van der Waals surface area contributed by atoms with Gasteiger partial charge in [-0.15, -0.1) is 0 Å². The lowest BCUT2D eigenvalue weighted by atomic mass is 9.97. The van der Waals surface area contributed by atoms with Crippen molar-refractivity contribution < 1.29 is 14.3 Å². The van der Waals surface area contributed by atoms with Crippen molar-refractivity contribution in [2.24, 2.45) is 0 Å². The monoisotopic (exact) mass is 393 g/mol. The standard InChI is InChI=1S/C25H31NO3/c1-16-17(2)25-23(18(3)24(16)28-15-20-9-6-5-7-10-20)22(19(4)29-25)13-26-12-8-11-21(26)14-27/h5-7,9-10,21,27H,8,11-15H2,1-4H3/t21-/m0/s1. The lowest BCUT2D eigenvalue weighted by Gasteiger charge is -2.23. The molecule has 1 aliphatic heterocycles. The Labute approximate surface area is 173 Å². The average molecular weight is 394 g/mol. The second-order valence-corrected chi connectivity index (χ2v) is 8.27. The van der Waals surface area contributed by atoms with Gasteiger partial charge in [-0.2, -0.15) is 0 Å². The summed E-state index contributed by atoms with van der Waals surface area (Å²) in [6, 6.07) is 10.5. The molecule has 0 amide bonds. The van der Waals surface area contributed by atoms with E-state index >= 15 is 0 Å². The van der Waals surface area contributed by atoms with E-state index in [9.17, 15) is 5.11 Å². The first-order chi connectivity index (χ1) is 14.0. The molecule has 0 spiro atoms. The third-order valence-corrected chi connectivity index (χ3v) is 6.47. The lowest BCUT2D eigenvalue weighted by molar-refractivity contribution is 0.153. The molecule has 0 unspecified atom stereocenters. The molecular weight excluding hydrogens is 362 g/mol. The van der Waals surface area contributed by atoms with E-state index in [0.29, 0.717) is 6.61 Å². The second-order valence-electron chi connectivity index (χ2n) is 8.27. The molecule has 154 valence electrons. The molecule has 1 saturated heterocycles. The van der Waals surface area contributed by atoms with E-state index in [1.165, 1.54) is 10.9 Å². The van der Waals surface area contributed by atoms with Gasteiger partial charge in [0.2, 0.25) is 0 Å². The summed E-state index contributed by atoms with van der Waals surface area (Å²) in [6.07, 6.45) is 2.20. The third-order valence-electron chi connectivity index (χ3n) is 6.47. The number of furan rings is 1. The topological polar surface area (TPSA) is 45.8 Å². The molecule has 0 aliphatic carbocycles. The number of aliphatic hydroxyl groups excluding tert-OH is 1. The normalized spacial score (nSPS) is 17.3. The van der Waals surface area contributed by atoms with E-state index in [-0.39, 0.29) is 12.6 Å². The number of rotatable bonds is 6. The maximum atomic E-state index is 9.72. The van der Waals surface area contributed by atoms with E-state index in [2.05, 4.69) is 44.7 Å². The molecule has 1 fully saturated rings. The van der Waals surface area contributed by atoms with E-state index in [1.54, 1.807) is 0 Å². The zero-order valence-corrected chi connectivity index (χ0v) is 17.9. The van der Waals surface area contributed by atoms with E-state index in [0.717, 1.165) is 65.3 Å². The van der Waals surface area contributed by atoms with Crippen LogP contribution in [0.4, 0.5) is 0 Å². The Balaban J connectivity index is 1.73. The molecule has 0 radical (unpaired) electrons. The molecule has 1 N–H and O–H groups in total. The maximum Gasteiger partial charge on any atom is 0.138 e. The lowest BCUT2D eigenvalue weighted by Crippen LogP contribution is -2.31. The van der Waals surface area contributed by atoms with Gasteiger partial charge in [0.25, 0.3) is 0 Å². The predicted octanol–water partition coefficient (Wildman–Crippen LogP) is 5.20. The summed E-state index contributed by atoms with van der Waals surface area (Å²) in [5.41, 5.74) is 6.79. The van der Waals surface area contributed by atoms with Crippen LogP contribution in [0, 0.1) is 27.7 Å². The summed E-state index contributed by atoms with van der Waals surface area (Å²) in [5.74, 6) is 1.93. The minimum Gasteiger partial charge on any atom is -0.488 e. The van der Waals surface area contributed by atoms with Crippen LogP contribution in [0.1, 0.15) is 46.4 Å².